The van der Waals surface area contributed by atoms with E-state index in [1.165, 1.54) is 5.56 Å². The van der Waals surface area contributed by atoms with Crippen molar-refractivity contribution in [3.05, 3.63) is 64.9 Å². The van der Waals surface area contributed by atoms with Gasteiger partial charge in [-0.15, -0.1) is 0 Å². The molecule has 0 aromatic heterocycles. The zero-order chi connectivity index (χ0) is 23.1. The minimum absolute atomic E-state index is 0.190. The summed E-state index contributed by atoms with van der Waals surface area (Å²) >= 11 is 0. The van der Waals surface area contributed by atoms with Crippen molar-refractivity contribution in [2.24, 2.45) is 4.99 Å². The van der Waals surface area contributed by atoms with Crippen LogP contribution in [0, 0.1) is 0 Å². The van der Waals surface area contributed by atoms with E-state index in [-0.39, 0.29) is 24.8 Å². The van der Waals surface area contributed by atoms with Crippen molar-refractivity contribution in [3.63, 3.8) is 0 Å². The fourth-order valence-electron chi connectivity index (χ4n) is 3.04. The van der Waals surface area contributed by atoms with Crippen molar-refractivity contribution in [3.8, 4) is 11.5 Å². The molecule has 1 aliphatic rings. The Bertz CT molecular complexity index is 1040. The van der Waals surface area contributed by atoms with Gasteiger partial charge in [0.2, 0.25) is 5.90 Å². The lowest BCUT2D eigenvalue weighted by Gasteiger charge is -2.12. The quantitative estimate of drug-likeness (QED) is 0.424. The molecule has 1 aliphatic heterocycles. The number of rotatable bonds is 9. The molecule has 0 unspecified atom stereocenters. The molecule has 0 N–H and O–H groups in total. The smallest absolute Gasteiger partial charge is 0.363 e. The van der Waals surface area contributed by atoms with Crippen molar-refractivity contribution in [2.75, 3.05) is 19.8 Å². The molecule has 0 aliphatic carbocycles. The van der Waals surface area contributed by atoms with E-state index in [4.69, 9.17) is 18.9 Å². The standard InChI is InChI=1S/C25H27NO6/c1-5-29-22-14-17(7-12-21(22)31-15-23(27)30-6-2)13-20-25(28)32-24(26-20)19-10-8-18(9-11-19)16(3)4/h7-14,16H,5-6,15H2,1-4H3/b20-13-. The largest absolute Gasteiger partial charge is 0.490 e. The Morgan fingerprint density at radius 3 is 2.44 bits per heavy atom. The maximum absolute atomic E-state index is 12.3. The van der Waals surface area contributed by atoms with Crippen LogP contribution in [0.4, 0.5) is 0 Å². The molecular weight excluding hydrogens is 410 g/mol. The summed E-state index contributed by atoms with van der Waals surface area (Å²) in [5.41, 5.74) is 2.81. The lowest BCUT2D eigenvalue weighted by Crippen LogP contribution is -2.15. The molecule has 0 bridgehead atoms. The number of ether oxygens (including phenoxy) is 4. The molecule has 7 heteroatoms. The van der Waals surface area contributed by atoms with Gasteiger partial charge in [-0.1, -0.05) is 32.0 Å². The summed E-state index contributed by atoms with van der Waals surface area (Å²) in [5, 5.41) is 0. The van der Waals surface area contributed by atoms with Crippen LogP contribution in [-0.2, 0) is 19.1 Å². The molecule has 3 rings (SSSR count). The van der Waals surface area contributed by atoms with E-state index < -0.39 is 11.9 Å². The molecule has 168 valence electrons. The second-order valence-corrected chi connectivity index (χ2v) is 7.35. The second-order valence-electron chi connectivity index (χ2n) is 7.35. The highest BCUT2D eigenvalue weighted by atomic mass is 16.6. The number of nitrogens with zero attached hydrogens (tertiary/aromatic N) is 1. The van der Waals surface area contributed by atoms with E-state index in [2.05, 4.69) is 18.8 Å². The van der Waals surface area contributed by atoms with Crippen LogP contribution in [0.15, 0.2) is 53.2 Å². The van der Waals surface area contributed by atoms with Gasteiger partial charge >= 0.3 is 11.9 Å². The number of carbonyl (C=O) groups excluding carboxylic acids is 2. The molecular formula is C25H27NO6. The normalized spacial score (nSPS) is 14.3. The number of esters is 2. The molecule has 0 fully saturated rings. The first kappa shape index (κ1) is 23.1. The molecule has 0 spiro atoms. The molecule has 0 atom stereocenters. The SMILES string of the molecule is CCOC(=O)COc1ccc(/C=C2\N=C(c3ccc(C(C)C)cc3)OC2=O)cc1OCC. The lowest BCUT2D eigenvalue weighted by molar-refractivity contribution is -0.145. The third kappa shape index (κ3) is 5.75. The Balaban J connectivity index is 1.80. The molecule has 0 radical (unpaired) electrons. The fraction of sp³-hybridized carbons (Fsp3) is 0.320. The predicted octanol–water partition coefficient (Wildman–Crippen LogP) is 4.50. The van der Waals surface area contributed by atoms with Gasteiger partial charge in [0.1, 0.15) is 0 Å². The molecule has 1 heterocycles. The van der Waals surface area contributed by atoms with Crippen molar-refractivity contribution < 1.29 is 28.5 Å². The summed E-state index contributed by atoms with van der Waals surface area (Å²) in [6.07, 6.45) is 1.62. The van der Waals surface area contributed by atoms with Crippen LogP contribution < -0.4 is 9.47 Å². The Morgan fingerprint density at radius 1 is 1.03 bits per heavy atom. The van der Waals surface area contributed by atoms with Gasteiger partial charge in [-0.25, -0.2) is 14.6 Å². The van der Waals surface area contributed by atoms with Crippen LogP contribution in [0.3, 0.4) is 0 Å². The van der Waals surface area contributed by atoms with Gasteiger partial charge < -0.3 is 18.9 Å². The van der Waals surface area contributed by atoms with Crippen molar-refractivity contribution in [2.45, 2.75) is 33.6 Å². The minimum atomic E-state index is -0.520. The zero-order valence-electron chi connectivity index (χ0n) is 18.7. The highest BCUT2D eigenvalue weighted by Gasteiger charge is 2.24. The first-order valence-corrected chi connectivity index (χ1v) is 10.6. The Hall–Kier alpha value is -3.61. The third-order valence-electron chi connectivity index (χ3n) is 4.67. The summed E-state index contributed by atoms with van der Waals surface area (Å²) in [4.78, 5) is 28.3. The number of aliphatic imine (C=N–C) groups is 1. The van der Waals surface area contributed by atoms with Crippen LogP contribution in [0.1, 0.15) is 50.3 Å². The fourth-order valence-corrected chi connectivity index (χ4v) is 3.04. The van der Waals surface area contributed by atoms with E-state index in [0.717, 1.165) is 5.56 Å². The number of hydrogen-bond acceptors (Lipinski definition) is 7. The van der Waals surface area contributed by atoms with Gasteiger partial charge in [0.15, 0.2) is 23.8 Å². The van der Waals surface area contributed by atoms with Crippen LogP contribution in [0.5, 0.6) is 11.5 Å². The topological polar surface area (TPSA) is 83.4 Å². The molecule has 2 aromatic rings. The number of cyclic esters (lactones) is 1. The lowest BCUT2D eigenvalue weighted by atomic mass is 10.0. The number of hydrogen-bond donors (Lipinski definition) is 0. The Kier molecular flexibility index (Phi) is 7.65. The first-order chi connectivity index (χ1) is 15.4. The summed E-state index contributed by atoms with van der Waals surface area (Å²) < 4.78 is 21.4. The van der Waals surface area contributed by atoms with Crippen molar-refractivity contribution in [1.82, 2.24) is 0 Å². The van der Waals surface area contributed by atoms with Gasteiger partial charge in [-0.3, -0.25) is 0 Å². The summed E-state index contributed by atoms with van der Waals surface area (Å²) in [6.45, 7) is 8.29. The second kappa shape index (κ2) is 10.6. The van der Waals surface area contributed by atoms with Crippen LogP contribution in [-0.4, -0.2) is 37.7 Å². The molecule has 0 saturated carbocycles. The van der Waals surface area contributed by atoms with Crippen molar-refractivity contribution in [1.29, 1.82) is 0 Å². The van der Waals surface area contributed by atoms with Gasteiger partial charge in [-0.05, 0) is 61.2 Å². The highest BCUT2D eigenvalue weighted by molar-refractivity contribution is 6.12. The summed E-state index contributed by atoms with van der Waals surface area (Å²) in [6, 6.07) is 12.9. The first-order valence-electron chi connectivity index (χ1n) is 10.6. The van der Waals surface area contributed by atoms with Gasteiger partial charge in [0, 0.05) is 5.56 Å². The van der Waals surface area contributed by atoms with Crippen molar-refractivity contribution >= 4 is 23.9 Å². The van der Waals surface area contributed by atoms with Crippen LogP contribution in [0.2, 0.25) is 0 Å². The number of carbonyl (C=O) groups is 2. The van der Waals surface area contributed by atoms with Crippen LogP contribution in [0.25, 0.3) is 6.08 Å². The van der Waals surface area contributed by atoms with Gasteiger partial charge in [0.25, 0.3) is 0 Å². The third-order valence-corrected chi connectivity index (χ3v) is 4.67. The predicted molar refractivity (Wildman–Crippen MR) is 121 cm³/mol. The molecule has 0 amide bonds. The van der Waals surface area contributed by atoms with E-state index >= 15 is 0 Å². The Morgan fingerprint density at radius 2 is 1.78 bits per heavy atom. The van der Waals surface area contributed by atoms with E-state index in [9.17, 15) is 9.59 Å². The maximum atomic E-state index is 12.3. The van der Waals surface area contributed by atoms with Crippen LogP contribution >= 0.6 is 0 Å². The maximum Gasteiger partial charge on any atom is 0.363 e. The Labute approximate surface area is 187 Å². The molecule has 7 nitrogen and oxygen atoms in total. The zero-order valence-corrected chi connectivity index (χ0v) is 18.7. The molecule has 32 heavy (non-hydrogen) atoms. The summed E-state index contributed by atoms with van der Waals surface area (Å²) in [7, 11) is 0. The van der Waals surface area contributed by atoms with E-state index in [0.29, 0.717) is 29.6 Å². The molecule has 2 aromatic carbocycles. The average molecular weight is 437 g/mol. The van der Waals surface area contributed by atoms with E-state index in [1.807, 2.05) is 31.2 Å². The highest BCUT2D eigenvalue weighted by Crippen LogP contribution is 2.30. The number of benzene rings is 2. The molecule has 0 saturated heterocycles. The van der Waals surface area contributed by atoms with Gasteiger partial charge in [-0.2, -0.15) is 0 Å². The minimum Gasteiger partial charge on any atom is -0.490 e. The monoisotopic (exact) mass is 437 g/mol. The van der Waals surface area contributed by atoms with E-state index in [1.54, 1.807) is 31.2 Å². The average Bonchev–Trinajstić information content (AvgIpc) is 3.14. The summed E-state index contributed by atoms with van der Waals surface area (Å²) in [5.74, 6) is 0.565. The van der Waals surface area contributed by atoms with Gasteiger partial charge in [0.05, 0.1) is 13.2 Å².